The van der Waals surface area contributed by atoms with Gasteiger partial charge in [-0.2, -0.15) is 0 Å². The molecule has 7 heteroatoms. The van der Waals surface area contributed by atoms with Gasteiger partial charge in [-0.25, -0.2) is 0 Å². The van der Waals surface area contributed by atoms with E-state index >= 15 is 0 Å². The minimum atomic E-state index is -0.316. The van der Waals surface area contributed by atoms with Crippen LogP contribution >= 0.6 is 23.2 Å². The number of nitrogens with one attached hydrogen (secondary N) is 1. The van der Waals surface area contributed by atoms with Crippen molar-refractivity contribution in [2.24, 2.45) is 0 Å². The summed E-state index contributed by atoms with van der Waals surface area (Å²) in [5.41, 5.74) is 1.52. The van der Waals surface area contributed by atoms with Crippen molar-refractivity contribution in [3.05, 3.63) is 58.1 Å². The van der Waals surface area contributed by atoms with Gasteiger partial charge in [0.25, 0.3) is 0 Å². The first-order valence-electron chi connectivity index (χ1n) is 8.02. The van der Waals surface area contributed by atoms with E-state index in [4.69, 9.17) is 27.9 Å². The highest BCUT2D eigenvalue weighted by Crippen LogP contribution is 2.22. The van der Waals surface area contributed by atoms with Crippen LogP contribution in [0.1, 0.15) is 12.5 Å². The Morgan fingerprint density at radius 3 is 2.42 bits per heavy atom. The van der Waals surface area contributed by atoms with E-state index in [-0.39, 0.29) is 18.4 Å². The van der Waals surface area contributed by atoms with Crippen molar-refractivity contribution >= 4 is 40.7 Å². The third-order valence-electron chi connectivity index (χ3n) is 3.73. The van der Waals surface area contributed by atoms with E-state index in [9.17, 15) is 9.59 Å². The van der Waals surface area contributed by atoms with E-state index in [0.29, 0.717) is 28.7 Å². The highest BCUT2D eigenvalue weighted by atomic mass is 35.5. The molecule has 2 aromatic rings. The van der Waals surface area contributed by atoms with Crippen LogP contribution in [0.15, 0.2) is 42.5 Å². The molecule has 2 rings (SSSR count). The van der Waals surface area contributed by atoms with Crippen molar-refractivity contribution in [3.63, 3.8) is 0 Å². The number of ether oxygens (including phenoxy) is 1. The van der Waals surface area contributed by atoms with Crippen LogP contribution in [-0.2, 0) is 16.0 Å². The molecule has 0 aliphatic heterocycles. The molecule has 0 heterocycles. The van der Waals surface area contributed by atoms with E-state index in [2.05, 4.69) is 5.32 Å². The molecule has 26 heavy (non-hydrogen) atoms. The Morgan fingerprint density at radius 1 is 1.12 bits per heavy atom. The van der Waals surface area contributed by atoms with Crippen molar-refractivity contribution < 1.29 is 14.3 Å². The fourth-order valence-electron chi connectivity index (χ4n) is 2.44. The number of anilines is 1. The molecule has 0 spiro atoms. The number of hydrogen-bond donors (Lipinski definition) is 1. The van der Waals surface area contributed by atoms with Gasteiger partial charge in [0.15, 0.2) is 0 Å². The van der Waals surface area contributed by atoms with E-state index in [1.165, 1.54) is 11.8 Å². The van der Waals surface area contributed by atoms with Gasteiger partial charge in [-0.05, 0) is 42.3 Å². The van der Waals surface area contributed by atoms with Crippen LogP contribution in [0.25, 0.3) is 0 Å². The zero-order valence-corrected chi connectivity index (χ0v) is 16.1. The Bertz CT molecular complexity index is 776. The minimum Gasteiger partial charge on any atom is -0.497 e. The summed E-state index contributed by atoms with van der Waals surface area (Å²) >= 11 is 11.8. The molecular weight excluding hydrogens is 375 g/mol. The lowest BCUT2D eigenvalue weighted by Crippen LogP contribution is -2.38. The number of amides is 2. The van der Waals surface area contributed by atoms with E-state index in [0.717, 1.165) is 11.3 Å². The van der Waals surface area contributed by atoms with Gasteiger partial charge in [0, 0.05) is 29.2 Å². The summed E-state index contributed by atoms with van der Waals surface area (Å²) in [6.45, 7) is 1.81. The van der Waals surface area contributed by atoms with Crippen LogP contribution in [0.3, 0.4) is 0 Å². The molecule has 0 unspecified atom stereocenters. The summed E-state index contributed by atoms with van der Waals surface area (Å²) in [5, 5.41) is 3.55. The fraction of sp³-hybridized carbons (Fsp3) is 0.263. The third kappa shape index (κ3) is 6.24. The fourth-order valence-corrected chi connectivity index (χ4v) is 2.97. The monoisotopic (exact) mass is 394 g/mol. The van der Waals surface area contributed by atoms with Crippen molar-refractivity contribution in [1.29, 1.82) is 0 Å². The summed E-state index contributed by atoms with van der Waals surface area (Å²) in [6, 6.07) is 12.4. The molecule has 1 N–H and O–H groups in total. The predicted molar refractivity (Wildman–Crippen MR) is 104 cm³/mol. The predicted octanol–water partition coefficient (Wildman–Crippen LogP) is 4.03. The van der Waals surface area contributed by atoms with Crippen LogP contribution in [0.5, 0.6) is 5.75 Å². The average Bonchev–Trinajstić information content (AvgIpc) is 2.57. The van der Waals surface area contributed by atoms with Crippen LogP contribution in [-0.4, -0.2) is 36.9 Å². The zero-order valence-electron chi connectivity index (χ0n) is 14.6. The number of benzene rings is 2. The standard InChI is InChI=1S/C19H20Cl2N2O3/c1-13(24)23(7-6-14-4-3-5-18(8-14)26-2)12-19(25)22-17-10-15(20)9-16(21)11-17/h3-5,8-11H,6-7,12H2,1-2H3,(H,22,25). The second kappa shape index (κ2) is 9.46. The van der Waals surface area contributed by atoms with Crippen LogP contribution in [0, 0.1) is 0 Å². The van der Waals surface area contributed by atoms with Gasteiger partial charge < -0.3 is 15.0 Å². The summed E-state index contributed by atoms with van der Waals surface area (Å²) in [4.78, 5) is 25.6. The number of halogens is 2. The topological polar surface area (TPSA) is 58.6 Å². The third-order valence-corrected chi connectivity index (χ3v) is 4.17. The first-order valence-corrected chi connectivity index (χ1v) is 8.77. The van der Waals surface area contributed by atoms with Gasteiger partial charge in [0.05, 0.1) is 13.7 Å². The minimum absolute atomic E-state index is 0.0521. The number of nitrogens with zero attached hydrogens (tertiary/aromatic N) is 1. The number of methoxy groups -OCH3 is 1. The van der Waals surface area contributed by atoms with E-state index in [1.807, 2.05) is 24.3 Å². The molecule has 0 aliphatic carbocycles. The molecule has 5 nitrogen and oxygen atoms in total. The molecule has 0 bridgehead atoms. The summed E-state index contributed by atoms with van der Waals surface area (Å²) in [5.74, 6) is 0.267. The maximum absolute atomic E-state index is 12.3. The number of rotatable bonds is 7. The Morgan fingerprint density at radius 2 is 1.81 bits per heavy atom. The number of carbonyl (C=O) groups is 2. The summed E-state index contributed by atoms with van der Waals surface area (Å²) < 4.78 is 5.19. The molecule has 0 aliphatic rings. The molecule has 0 radical (unpaired) electrons. The van der Waals surface area contributed by atoms with Crippen molar-refractivity contribution in [3.8, 4) is 5.75 Å². The van der Waals surface area contributed by atoms with E-state index < -0.39 is 0 Å². The van der Waals surface area contributed by atoms with Crippen molar-refractivity contribution in [1.82, 2.24) is 4.90 Å². The molecular formula is C19H20Cl2N2O3. The van der Waals surface area contributed by atoms with Gasteiger partial charge >= 0.3 is 0 Å². The Hall–Kier alpha value is -2.24. The average molecular weight is 395 g/mol. The second-order valence-corrected chi connectivity index (χ2v) is 6.62. The van der Waals surface area contributed by atoms with Gasteiger partial charge in [-0.3, -0.25) is 9.59 Å². The summed E-state index contributed by atoms with van der Waals surface area (Å²) in [7, 11) is 1.60. The Balaban J connectivity index is 1.96. The van der Waals surface area contributed by atoms with Crippen LogP contribution < -0.4 is 10.1 Å². The Kier molecular flexibility index (Phi) is 7.30. The lowest BCUT2D eigenvalue weighted by molar-refractivity contribution is -0.132. The molecule has 2 aromatic carbocycles. The highest BCUT2D eigenvalue weighted by Gasteiger charge is 2.14. The maximum atomic E-state index is 12.3. The normalized spacial score (nSPS) is 10.3. The smallest absolute Gasteiger partial charge is 0.243 e. The van der Waals surface area contributed by atoms with E-state index in [1.54, 1.807) is 25.3 Å². The molecule has 2 amide bonds. The maximum Gasteiger partial charge on any atom is 0.243 e. The highest BCUT2D eigenvalue weighted by molar-refractivity contribution is 6.35. The van der Waals surface area contributed by atoms with Gasteiger partial charge in [-0.1, -0.05) is 35.3 Å². The first-order chi connectivity index (χ1) is 12.4. The molecule has 0 atom stereocenters. The first kappa shape index (κ1) is 20.1. The van der Waals surface area contributed by atoms with Gasteiger partial charge in [-0.15, -0.1) is 0 Å². The lowest BCUT2D eigenvalue weighted by atomic mass is 10.1. The number of carbonyl (C=O) groups excluding carboxylic acids is 2. The van der Waals surface area contributed by atoms with Gasteiger partial charge in [0.2, 0.25) is 11.8 Å². The van der Waals surface area contributed by atoms with Gasteiger partial charge in [0.1, 0.15) is 5.75 Å². The molecule has 0 saturated carbocycles. The molecule has 0 saturated heterocycles. The largest absolute Gasteiger partial charge is 0.497 e. The van der Waals surface area contributed by atoms with Crippen molar-refractivity contribution in [2.75, 3.05) is 25.5 Å². The van der Waals surface area contributed by atoms with Crippen molar-refractivity contribution in [2.45, 2.75) is 13.3 Å². The zero-order chi connectivity index (χ0) is 19.1. The van der Waals surface area contributed by atoms with Crippen LogP contribution in [0.2, 0.25) is 10.0 Å². The SMILES string of the molecule is COc1cccc(CCN(CC(=O)Nc2cc(Cl)cc(Cl)c2)C(C)=O)c1. The quantitative estimate of drug-likeness (QED) is 0.770. The second-order valence-electron chi connectivity index (χ2n) is 5.75. The lowest BCUT2D eigenvalue weighted by Gasteiger charge is -2.20. The van der Waals surface area contributed by atoms with Crippen LogP contribution in [0.4, 0.5) is 5.69 Å². The molecule has 0 aromatic heterocycles. The summed E-state index contributed by atoms with van der Waals surface area (Å²) in [6.07, 6.45) is 0.618. The molecule has 0 fully saturated rings. The molecule has 138 valence electrons. The Labute approximate surface area is 162 Å². The number of hydrogen-bond acceptors (Lipinski definition) is 3.